The highest BCUT2D eigenvalue weighted by atomic mass is 35.5. The number of hydrogen-bond donors (Lipinski definition) is 2. The summed E-state index contributed by atoms with van der Waals surface area (Å²) >= 11 is 6.69. The summed E-state index contributed by atoms with van der Waals surface area (Å²) in [6, 6.07) is 9.42. The molecule has 2 aromatic carbocycles. The lowest BCUT2D eigenvalue weighted by Gasteiger charge is -2.35. The van der Waals surface area contributed by atoms with Gasteiger partial charge in [-0.25, -0.2) is 4.39 Å². The molecule has 162 valence electrons. The number of fused-ring (bicyclic) bond motifs is 2. The van der Waals surface area contributed by atoms with E-state index < -0.39 is 0 Å². The van der Waals surface area contributed by atoms with E-state index in [4.69, 9.17) is 22.1 Å². The van der Waals surface area contributed by atoms with Gasteiger partial charge in [-0.15, -0.1) is 0 Å². The molecule has 6 heteroatoms. The molecule has 0 aromatic heterocycles. The molecule has 2 aliphatic rings. The van der Waals surface area contributed by atoms with Gasteiger partial charge in [0, 0.05) is 30.2 Å². The zero-order valence-corrected chi connectivity index (χ0v) is 18.9. The third kappa shape index (κ3) is 3.37. The molecule has 2 heterocycles. The van der Waals surface area contributed by atoms with E-state index >= 15 is 4.39 Å². The second-order valence-electron chi connectivity index (χ2n) is 9.64. The summed E-state index contributed by atoms with van der Waals surface area (Å²) in [6.07, 6.45) is 1.51. The van der Waals surface area contributed by atoms with E-state index in [0.29, 0.717) is 5.69 Å². The van der Waals surface area contributed by atoms with Crippen LogP contribution in [0.4, 0.5) is 21.5 Å². The standard InChI is InChI=1S/C24H31ClFN3O/c1-23(2,3)22(30-4)15-13-16(26)20(25)19-21(15)29(18-8-6-5-7-17(18)27)14-24(19)9-11-28-12-10-24/h5-8,13,22,28H,9-12,14,27H2,1-4H3. The van der Waals surface area contributed by atoms with Gasteiger partial charge in [0.25, 0.3) is 0 Å². The highest BCUT2D eigenvalue weighted by Gasteiger charge is 2.48. The van der Waals surface area contributed by atoms with Crippen LogP contribution in [0.5, 0.6) is 0 Å². The summed E-state index contributed by atoms with van der Waals surface area (Å²) in [4.78, 5) is 2.24. The van der Waals surface area contributed by atoms with Gasteiger partial charge >= 0.3 is 0 Å². The highest BCUT2D eigenvalue weighted by Crippen LogP contribution is 2.57. The van der Waals surface area contributed by atoms with Crippen LogP contribution in [0, 0.1) is 11.2 Å². The van der Waals surface area contributed by atoms with E-state index in [-0.39, 0.29) is 27.8 Å². The lowest BCUT2D eigenvalue weighted by atomic mass is 9.73. The van der Waals surface area contributed by atoms with Crippen molar-refractivity contribution in [2.24, 2.45) is 5.41 Å². The number of hydrogen-bond acceptors (Lipinski definition) is 4. The van der Waals surface area contributed by atoms with E-state index in [1.807, 2.05) is 24.3 Å². The first-order valence-corrected chi connectivity index (χ1v) is 11.0. The lowest BCUT2D eigenvalue weighted by molar-refractivity contribution is 0.0154. The summed E-state index contributed by atoms with van der Waals surface area (Å²) in [5.74, 6) is -0.377. The van der Waals surface area contributed by atoms with Gasteiger partial charge in [-0.3, -0.25) is 0 Å². The largest absolute Gasteiger partial charge is 0.397 e. The number of nitrogens with two attached hydrogens (primary N) is 1. The van der Waals surface area contributed by atoms with Crippen molar-refractivity contribution >= 4 is 28.7 Å². The van der Waals surface area contributed by atoms with Crippen LogP contribution in [-0.2, 0) is 10.2 Å². The number of piperidine rings is 1. The van der Waals surface area contributed by atoms with Crippen LogP contribution in [0.1, 0.15) is 50.8 Å². The summed E-state index contributed by atoms with van der Waals surface area (Å²) in [5.41, 5.74) is 10.3. The summed E-state index contributed by atoms with van der Waals surface area (Å²) in [5, 5.41) is 3.67. The molecule has 1 unspecified atom stereocenters. The van der Waals surface area contributed by atoms with Crippen molar-refractivity contribution < 1.29 is 9.13 Å². The number of nitrogens with one attached hydrogen (secondary N) is 1. The fourth-order valence-electron chi connectivity index (χ4n) is 5.27. The Morgan fingerprint density at radius 1 is 1.23 bits per heavy atom. The topological polar surface area (TPSA) is 50.5 Å². The minimum absolute atomic E-state index is 0.215. The fraction of sp³-hybridized carbons (Fsp3) is 0.500. The van der Waals surface area contributed by atoms with E-state index in [1.165, 1.54) is 0 Å². The number of halogens is 2. The van der Waals surface area contributed by atoms with Crippen LogP contribution in [0.2, 0.25) is 5.02 Å². The predicted molar refractivity (Wildman–Crippen MR) is 122 cm³/mol. The number of ether oxygens (including phenoxy) is 1. The van der Waals surface area contributed by atoms with Crippen molar-refractivity contribution in [3.05, 3.63) is 52.3 Å². The van der Waals surface area contributed by atoms with Crippen LogP contribution in [0.25, 0.3) is 0 Å². The Bertz CT molecular complexity index is 950. The third-order valence-electron chi connectivity index (χ3n) is 6.58. The molecule has 0 radical (unpaired) electrons. The van der Waals surface area contributed by atoms with E-state index in [0.717, 1.165) is 55.0 Å². The quantitative estimate of drug-likeness (QED) is 0.624. The molecule has 30 heavy (non-hydrogen) atoms. The van der Waals surface area contributed by atoms with E-state index in [1.54, 1.807) is 13.2 Å². The molecule has 3 N–H and O–H groups in total. The maximum atomic E-state index is 15.2. The smallest absolute Gasteiger partial charge is 0.142 e. The van der Waals surface area contributed by atoms with Crippen LogP contribution in [0.3, 0.4) is 0 Å². The Morgan fingerprint density at radius 2 is 1.90 bits per heavy atom. The second kappa shape index (κ2) is 7.70. The minimum Gasteiger partial charge on any atom is -0.397 e. The first-order valence-electron chi connectivity index (χ1n) is 10.6. The number of nitrogen functional groups attached to an aromatic ring is 1. The van der Waals surface area contributed by atoms with Gasteiger partial charge in [0.2, 0.25) is 0 Å². The molecule has 0 aliphatic carbocycles. The molecule has 0 amide bonds. The molecule has 0 bridgehead atoms. The zero-order chi connectivity index (χ0) is 21.7. The molecule has 1 saturated heterocycles. The number of rotatable bonds is 3. The first kappa shape index (κ1) is 21.4. The number of methoxy groups -OCH3 is 1. The van der Waals surface area contributed by atoms with Crippen molar-refractivity contribution in [3.63, 3.8) is 0 Å². The maximum absolute atomic E-state index is 15.2. The molecule has 4 nitrogen and oxygen atoms in total. The lowest BCUT2D eigenvalue weighted by Crippen LogP contribution is -2.42. The van der Waals surface area contributed by atoms with E-state index in [9.17, 15) is 0 Å². The van der Waals surface area contributed by atoms with Gasteiger partial charge < -0.3 is 20.7 Å². The Labute approximate surface area is 183 Å². The van der Waals surface area contributed by atoms with Crippen molar-refractivity contribution in [2.45, 2.75) is 45.1 Å². The van der Waals surface area contributed by atoms with Gasteiger partial charge in [0.05, 0.1) is 28.2 Å². The van der Waals surface area contributed by atoms with Crippen molar-refractivity contribution in [3.8, 4) is 0 Å². The van der Waals surface area contributed by atoms with Crippen LogP contribution >= 0.6 is 11.6 Å². The van der Waals surface area contributed by atoms with Gasteiger partial charge in [-0.05, 0) is 49.5 Å². The number of benzene rings is 2. The SMILES string of the molecule is COC(c1cc(F)c(Cl)c2c1N(c1ccccc1N)CC21CCNCC1)C(C)(C)C. The molecule has 2 aliphatic heterocycles. The molecular weight excluding hydrogens is 401 g/mol. The number of nitrogens with zero attached hydrogens (tertiary/aromatic N) is 1. The average molecular weight is 432 g/mol. The molecule has 4 rings (SSSR count). The van der Waals surface area contributed by atoms with Gasteiger partial charge in [-0.1, -0.05) is 44.5 Å². The Kier molecular flexibility index (Phi) is 5.50. The van der Waals surface area contributed by atoms with Crippen LogP contribution in [0.15, 0.2) is 30.3 Å². The van der Waals surface area contributed by atoms with Crippen molar-refractivity contribution in [1.82, 2.24) is 5.32 Å². The molecule has 0 saturated carbocycles. The average Bonchev–Trinajstić information content (AvgIpc) is 3.00. The predicted octanol–water partition coefficient (Wildman–Crippen LogP) is 5.57. The second-order valence-corrected chi connectivity index (χ2v) is 10.0. The number of anilines is 3. The first-order chi connectivity index (χ1) is 14.2. The summed E-state index contributed by atoms with van der Waals surface area (Å²) in [6.45, 7) is 8.82. The molecule has 2 aromatic rings. The Balaban J connectivity index is 2.03. The molecule has 1 fully saturated rings. The third-order valence-corrected chi connectivity index (χ3v) is 6.95. The minimum atomic E-state index is -0.377. The summed E-state index contributed by atoms with van der Waals surface area (Å²) < 4.78 is 21.2. The molecule has 1 atom stereocenters. The normalized spacial score (nSPS) is 19.2. The summed E-state index contributed by atoms with van der Waals surface area (Å²) in [7, 11) is 1.69. The highest BCUT2D eigenvalue weighted by molar-refractivity contribution is 6.32. The monoisotopic (exact) mass is 431 g/mol. The van der Waals surface area contributed by atoms with Gasteiger partial charge in [0.15, 0.2) is 0 Å². The van der Waals surface area contributed by atoms with Crippen LogP contribution in [-0.4, -0.2) is 26.7 Å². The van der Waals surface area contributed by atoms with Crippen molar-refractivity contribution in [2.75, 3.05) is 37.4 Å². The molecular formula is C24H31ClFN3O. The van der Waals surface area contributed by atoms with E-state index in [2.05, 4.69) is 31.0 Å². The Morgan fingerprint density at radius 3 is 2.50 bits per heavy atom. The van der Waals surface area contributed by atoms with Crippen molar-refractivity contribution in [1.29, 1.82) is 0 Å². The maximum Gasteiger partial charge on any atom is 0.142 e. The Hall–Kier alpha value is -1.82. The van der Waals surface area contributed by atoms with Crippen LogP contribution < -0.4 is 16.0 Å². The number of para-hydroxylation sites is 2. The molecule has 1 spiro atoms. The fourth-order valence-corrected chi connectivity index (χ4v) is 5.62. The van der Waals surface area contributed by atoms with Gasteiger partial charge in [-0.2, -0.15) is 0 Å². The van der Waals surface area contributed by atoms with Gasteiger partial charge in [0.1, 0.15) is 5.82 Å². The zero-order valence-electron chi connectivity index (χ0n) is 18.2.